The van der Waals surface area contributed by atoms with Gasteiger partial charge in [-0.15, -0.1) is 11.3 Å². The van der Waals surface area contributed by atoms with Gasteiger partial charge in [-0.2, -0.15) is 0 Å². The minimum absolute atomic E-state index is 0.0820. The van der Waals surface area contributed by atoms with E-state index in [0.717, 1.165) is 23.6 Å². The van der Waals surface area contributed by atoms with Crippen LogP contribution in [-0.2, 0) is 16.0 Å². The van der Waals surface area contributed by atoms with Crippen LogP contribution in [0.25, 0.3) is 4.96 Å². The summed E-state index contributed by atoms with van der Waals surface area (Å²) in [5.41, 5.74) is 0.792. The topological polar surface area (TPSA) is 74.9 Å². The Morgan fingerprint density at radius 3 is 3.10 bits per heavy atom. The highest BCUT2D eigenvalue weighted by molar-refractivity contribution is 7.15. The molecule has 2 aromatic rings. The summed E-state index contributed by atoms with van der Waals surface area (Å²) in [7, 11) is 0. The van der Waals surface area contributed by atoms with Gasteiger partial charge in [-0.25, -0.2) is 4.98 Å². The third-order valence-corrected chi connectivity index (χ3v) is 4.65. The first kappa shape index (κ1) is 14.1. The van der Waals surface area contributed by atoms with Crippen LogP contribution in [0.4, 0.5) is 0 Å². The predicted molar refractivity (Wildman–Crippen MR) is 78.3 cm³/mol. The molecule has 0 spiro atoms. The van der Waals surface area contributed by atoms with Crippen LogP contribution >= 0.6 is 11.3 Å². The van der Waals surface area contributed by atoms with E-state index in [-0.39, 0.29) is 12.3 Å². The second-order valence-electron chi connectivity index (χ2n) is 5.43. The van der Waals surface area contributed by atoms with E-state index < -0.39 is 5.97 Å². The molecule has 0 aromatic carbocycles. The van der Waals surface area contributed by atoms with Crippen LogP contribution in [0.15, 0.2) is 17.8 Å². The Morgan fingerprint density at radius 2 is 2.33 bits per heavy atom. The fraction of sp³-hybridized carbons (Fsp3) is 0.500. The molecule has 1 unspecified atom stereocenters. The zero-order valence-corrected chi connectivity index (χ0v) is 12.4. The third-order valence-electron chi connectivity index (χ3n) is 3.88. The quantitative estimate of drug-likeness (QED) is 0.911. The van der Waals surface area contributed by atoms with Crippen molar-refractivity contribution in [3.05, 3.63) is 23.5 Å². The molecule has 1 saturated heterocycles. The molecule has 1 fully saturated rings. The number of fused-ring (bicyclic) bond motifs is 1. The summed E-state index contributed by atoms with van der Waals surface area (Å²) in [6, 6.07) is 0. The van der Waals surface area contributed by atoms with Crippen molar-refractivity contribution in [2.45, 2.75) is 25.7 Å². The average molecular weight is 307 g/mol. The molecule has 6 nitrogen and oxygen atoms in total. The van der Waals surface area contributed by atoms with E-state index in [4.69, 9.17) is 5.11 Å². The summed E-state index contributed by atoms with van der Waals surface area (Å²) in [4.78, 5) is 30.0. The SMILES string of the molecule is O=C(O)CCC1CCN(C(=O)Cc2cn3ccsc3n2)C1. The lowest BCUT2D eigenvalue weighted by Crippen LogP contribution is -2.30. The minimum Gasteiger partial charge on any atom is -0.481 e. The van der Waals surface area contributed by atoms with E-state index in [1.807, 2.05) is 27.1 Å². The largest absolute Gasteiger partial charge is 0.481 e. The van der Waals surface area contributed by atoms with E-state index in [1.54, 1.807) is 11.3 Å². The number of carbonyl (C=O) groups excluding carboxylic acids is 1. The molecule has 3 heterocycles. The standard InChI is InChI=1S/C14H17N3O3S/c18-12(7-11-9-17-5-6-21-14(17)15-11)16-4-3-10(8-16)1-2-13(19)20/h5-6,9-10H,1-4,7-8H2,(H,19,20). The highest BCUT2D eigenvalue weighted by Crippen LogP contribution is 2.22. The highest BCUT2D eigenvalue weighted by Gasteiger charge is 2.26. The van der Waals surface area contributed by atoms with Gasteiger partial charge in [0.25, 0.3) is 0 Å². The number of aromatic nitrogens is 2. The molecule has 0 aliphatic carbocycles. The van der Waals surface area contributed by atoms with Crippen LogP contribution in [0, 0.1) is 5.92 Å². The first-order valence-electron chi connectivity index (χ1n) is 7.02. The van der Waals surface area contributed by atoms with Crippen molar-refractivity contribution in [3.8, 4) is 0 Å². The van der Waals surface area contributed by atoms with E-state index in [9.17, 15) is 9.59 Å². The van der Waals surface area contributed by atoms with Crippen LogP contribution in [0.2, 0.25) is 0 Å². The van der Waals surface area contributed by atoms with Crippen LogP contribution in [0.3, 0.4) is 0 Å². The Hall–Kier alpha value is -1.89. The molecule has 1 aliphatic rings. The molecule has 1 amide bonds. The average Bonchev–Trinajstić information content (AvgIpc) is 3.10. The second kappa shape index (κ2) is 5.85. The number of carboxylic acid groups (broad SMARTS) is 1. The van der Waals surface area contributed by atoms with Gasteiger partial charge in [0.1, 0.15) is 0 Å². The van der Waals surface area contributed by atoms with Crippen molar-refractivity contribution in [1.82, 2.24) is 14.3 Å². The molecule has 1 aliphatic heterocycles. The van der Waals surface area contributed by atoms with E-state index in [0.29, 0.717) is 25.3 Å². The summed E-state index contributed by atoms with van der Waals surface area (Å²) in [6.07, 6.45) is 5.88. The fourth-order valence-electron chi connectivity index (χ4n) is 2.75. The van der Waals surface area contributed by atoms with Gasteiger partial charge in [-0.3, -0.25) is 14.0 Å². The Bertz CT molecular complexity index is 635. The number of rotatable bonds is 5. The molecular weight excluding hydrogens is 290 g/mol. The molecule has 2 aromatic heterocycles. The summed E-state index contributed by atoms with van der Waals surface area (Å²) in [5.74, 6) is -0.369. The Balaban J connectivity index is 1.54. The van der Waals surface area contributed by atoms with E-state index in [1.165, 1.54) is 0 Å². The summed E-state index contributed by atoms with van der Waals surface area (Å²) in [5, 5.41) is 10.7. The molecule has 21 heavy (non-hydrogen) atoms. The maximum atomic E-state index is 12.3. The molecule has 112 valence electrons. The zero-order valence-electron chi connectivity index (χ0n) is 11.6. The number of hydrogen-bond acceptors (Lipinski definition) is 4. The summed E-state index contributed by atoms with van der Waals surface area (Å²) < 4.78 is 1.92. The summed E-state index contributed by atoms with van der Waals surface area (Å²) in [6.45, 7) is 1.40. The van der Waals surface area contributed by atoms with Gasteiger partial charge in [0.2, 0.25) is 5.91 Å². The van der Waals surface area contributed by atoms with Gasteiger partial charge in [-0.05, 0) is 18.8 Å². The van der Waals surface area contributed by atoms with Crippen molar-refractivity contribution < 1.29 is 14.7 Å². The van der Waals surface area contributed by atoms with Crippen molar-refractivity contribution in [1.29, 1.82) is 0 Å². The third kappa shape index (κ3) is 3.24. The molecule has 7 heteroatoms. The first-order valence-corrected chi connectivity index (χ1v) is 7.90. The van der Waals surface area contributed by atoms with E-state index >= 15 is 0 Å². The first-order chi connectivity index (χ1) is 10.1. The number of hydrogen-bond donors (Lipinski definition) is 1. The Labute approximate surface area is 126 Å². The molecule has 1 atom stereocenters. The van der Waals surface area contributed by atoms with Crippen LogP contribution in [0.5, 0.6) is 0 Å². The maximum Gasteiger partial charge on any atom is 0.303 e. The van der Waals surface area contributed by atoms with Gasteiger partial charge in [0.05, 0.1) is 12.1 Å². The number of nitrogens with zero attached hydrogens (tertiary/aromatic N) is 3. The Kier molecular flexibility index (Phi) is 3.92. The molecule has 1 N–H and O–H groups in total. The molecule has 0 saturated carbocycles. The number of likely N-dealkylation sites (tertiary alicyclic amines) is 1. The lowest BCUT2D eigenvalue weighted by Gasteiger charge is -2.15. The molecule has 0 bridgehead atoms. The lowest BCUT2D eigenvalue weighted by molar-refractivity contribution is -0.137. The van der Waals surface area contributed by atoms with Crippen LogP contribution < -0.4 is 0 Å². The monoisotopic (exact) mass is 307 g/mol. The summed E-state index contributed by atoms with van der Waals surface area (Å²) >= 11 is 1.55. The van der Waals surface area contributed by atoms with Gasteiger partial charge in [0.15, 0.2) is 4.96 Å². The molecule has 0 radical (unpaired) electrons. The number of aliphatic carboxylic acids is 1. The number of carboxylic acids is 1. The number of imidazole rings is 1. The van der Waals surface area contributed by atoms with Gasteiger partial charge in [0, 0.05) is 37.3 Å². The molecule has 3 rings (SSSR count). The number of thiazole rings is 1. The van der Waals surface area contributed by atoms with E-state index in [2.05, 4.69) is 4.98 Å². The van der Waals surface area contributed by atoms with Crippen LogP contribution in [0.1, 0.15) is 25.0 Å². The number of amides is 1. The van der Waals surface area contributed by atoms with Crippen molar-refractivity contribution in [2.24, 2.45) is 5.92 Å². The normalized spacial score (nSPS) is 18.5. The number of carbonyl (C=O) groups is 2. The van der Waals surface area contributed by atoms with Gasteiger partial charge < -0.3 is 10.0 Å². The highest BCUT2D eigenvalue weighted by atomic mass is 32.1. The van der Waals surface area contributed by atoms with Gasteiger partial charge in [-0.1, -0.05) is 0 Å². The maximum absolute atomic E-state index is 12.3. The second-order valence-corrected chi connectivity index (χ2v) is 6.30. The smallest absolute Gasteiger partial charge is 0.303 e. The zero-order chi connectivity index (χ0) is 14.8. The van der Waals surface area contributed by atoms with Crippen LogP contribution in [-0.4, -0.2) is 44.4 Å². The fourth-order valence-corrected chi connectivity index (χ4v) is 3.47. The minimum atomic E-state index is -0.766. The lowest BCUT2D eigenvalue weighted by atomic mass is 10.0. The predicted octanol–water partition coefficient (Wildman–Crippen LogP) is 1.65. The van der Waals surface area contributed by atoms with Gasteiger partial charge >= 0.3 is 5.97 Å². The van der Waals surface area contributed by atoms with Crippen molar-refractivity contribution >= 4 is 28.2 Å². The Morgan fingerprint density at radius 1 is 1.48 bits per heavy atom. The van der Waals surface area contributed by atoms with Crippen molar-refractivity contribution in [2.75, 3.05) is 13.1 Å². The van der Waals surface area contributed by atoms with Crippen molar-refractivity contribution in [3.63, 3.8) is 0 Å². The molecular formula is C14H17N3O3S.